The van der Waals surface area contributed by atoms with Crippen LogP contribution in [0.5, 0.6) is 5.75 Å². The van der Waals surface area contributed by atoms with Crippen molar-refractivity contribution in [1.29, 1.82) is 0 Å². The summed E-state index contributed by atoms with van der Waals surface area (Å²) < 4.78 is 29.6. The second-order valence-corrected chi connectivity index (χ2v) is 9.23. The summed E-state index contributed by atoms with van der Waals surface area (Å²) in [7, 11) is 0. The van der Waals surface area contributed by atoms with Crippen LogP contribution in [0.25, 0.3) is 10.9 Å². The molecule has 1 aliphatic rings. The van der Waals surface area contributed by atoms with Crippen LogP contribution in [0.15, 0.2) is 70.2 Å². The van der Waals surface area contributed by atoms with Gasteiger partial charge in [-0.25, -0.2) is 4.39 Å². The van der Waals surface area contributed by atoms with Gasteiger partial charge in [0.1, 0.15) is 12.4 Å². The van der Waals surface area contributed by atoms with Gasteiger partial charge >= 0.3 is 154 Å². The summed E-state index contributed by atoms with van der Waals surface area (Å²) in [5.74, 6) is 0.836. The fraction of sp³-hybridized carbons (Fsp3) is 0.0870. The number of benzene rings is 3. The molecule has 1 aliphatic heterocycles. The van der Waals surface area contributed by atoms with Crippen molar-refractivity contribution >= 4 is 45.7 Å². The number of anilines is 3. The van der Waals surface area contributed by atoms with Crippen LogP contribution in [0.4, 0.5) is 21.6 Å². The number of halogens is 3. The molecule has 33 heavy (non-hydrogen) atoms. The molecule has 5 rings (SSSR count). The fourth-order valence-corrected chi connectivity index (χ4v) is 4.59. The number of rotatable bonds is 6. The van der Waals surface area contributed by atoms with Gasteiger partial charge in [0, 0.05) is 0 Å². The number of hydrogen-bond donors (Lipinski definition) is 2. The normalized spacial score (nSPS) is 13.1. The van der Waals surface area contributed by atoms with Crippen molar-refractivity contribution in [3.8, 4) is 5.75 Å². The molecular formula is C23H17ClFIN5O2-. The number of amidine groups is 1. The second-order valence-electron chi connectivity index (χ2n) is 7.03. The summed E-state index contributed by atoms with van der Waals surface area (Å²) in [5.41, 5.74) is 3.09. The number of aromatic nitrogens is 2. The molecule has 0 unspecified atom stereocenters. The molecule has 4 aromatic rings. The van der Waals surface area contributed by atoms with Gasteiger partial charge in [0.2, 0.25) is 0 Å². The predicted octanol–water partition coefficient (Wildman–Crippen LogP) is 2.50. The van der Waals surface area contributed by atoms with Crippen LogP contribution >= 0.6 is 11.6 Å². The van der Waals surface area contributed by atoms with Gasteiger partial charge in [-0.15, -0.1) is 0 Å². The third-order valence-electron chi connectivity index (χ3n) is 4.74. The number of hydrogen-bond acceptors (Lipinski definition) is 7. The van der Waals surface area contributed by atoms with E-state index in [1.54, 1.807) is 24.3 Å². The Morgan fingerprint density at radius 2 is 1.91 bits per heavy atom. The first-order valence-corrected chi connectivity index (χ1v) is 12.8. The molecule has 2 N–H and O–H groups in total. The van der Waals surface area contributed by atoms with E-state index < -0.39 is 0 Å². The molecule has 0 bridgehead atoms. The van der Waals surface area contributed by atoms with Gasteiger partial charge in [0.15, 0.2) is 0 Å². The molecule has 0 aliphatic carbocycles. The Bertz CT molecular complexity index is 1350. The standard InChI is InChI=1S/C23H17ClFIN5O2/c24-19-10-17(5-7-21(19)32-11-14-2-1-3-15(25)8-14)29-22-18-9-16(30-23-31-26-12-33-23)4-6-20(18)27-13-28-22/h1-10,13H,11-12H2,(H,30,31)(H,27,28,29)/q-1. The van der Waals surface area contributed by atoms with Crippen LogP contribution in [-0.4, -0.2) is 20.6 Å². The predicted molar refractivity (Wildman–Crippen MR) is 122 cm³/mol. The van der Waals surface area contributed by atoms with Crippen LogP contribution in [0, 0.1) is 5.82 Å². The molecule has 0 spiro atoms. The number of fused-ring (bicyclic) bond motifs is 1. The smallest absolute Gasteiger partial charge is 0.0197 e. The molecule has 10 heteroatoms. The first kappa shape index (κ1) is 21.7. The summed E-state index contributed by atoms with van der Waals surface area (Å²) in [6.45, 7) is 0.216. The quantitative estimate of drug-likeness (QED) is 0.271. The van der Waals surface area contributed by atoms with Crippen molar-refractivity contribution in [1.82, 2.24) is 9.97 Å². The van der Waals surface area contributed by atoms with Crippen LogP contribution in [0.3, 0.4) is 0 Å². The molecule has 0 saturated heterocycles. The molecule has 168 valence electrons. The van der Waals surface area contributed by atoms with Gasteiger partial charge < -0.3 is 4.74 Å². The van der Waals surface area contributed by atoms with Crippen LogP contribution in [0.2, 0.25) is 5.02 Å². The van der Waals surface area contributed by atoms with Crippen LogP contribution in [0.1, 0.15) is 5.56 Å². The fourth-order valence-electron chi connectivity index (χ4n) is 3.21. The molecule has 2 heterocycles. The van der Waals surface area contributed by atoms with E-state index in [0.29, 0.717) is 27.2 Å². The van der Waals surface area contributed by atoms with E-state index in [9.17, 15) is 4.39 Å². The molecule has 0 atom stereocenters. The van der Waals surface area contributed by atoms with E-state index in [1.807, 2.05) is 24.3 Å². The zero-order chi connectivity index (χ0) is 22.6. The molecule has 1 aromatic heterocycles. The number of ether oxygens (including phenoxy) is 2. The average molecular weight is 577 g/mol. The Morgan fingerprint density at radius 3 is 2.73 bits per heavy atom. The summed E-state index contributed by atoms with van der Waals surface area (Å²) in [5, 5.41) is 7.73. The van der Waals surface area contributed by atoms with E-state index in [4.69, 9.17) is 21.1 Å². The number of alkyl halides is 1. The molecule has 0 radical (unpaired) electrons. The minimum atomic E-state index is -0.303. The van der Waals surface area contributed by atoms with Crippen molar-refractivity contribution in [2.24, 2.45) is 3.21 Å². The van der Waals surface area contributed by atoms with E-state index in [-0.39, 0.29) is 33.9 Å². The van der Waals surface area contributed by atoms with Crippen LogP contribution < -0.4 is 36.8 Å². The Morgan fingerprint density at radius 1 is 1.03 bits per heavy atom. The molecule has 3 aromatic carbocycles. The minimum absolute atomic E-state index is 0.216. The Balaban J connectivity index is 1.33. The summed E-state index contributed by atoms with van der Waals surface area (Å²) in [6, 6.07) is 17.9. The van der Waals surface area contributed by atoms with Gasteiger partial charge in [-0.1, -0.05) is 12.1 Å². The summed E-state index contributed by atoms with van der Waals surface area (Å²) >= 11 is 6.16. The molecule has 7 nitrogen and oxygen atoms in total. The van der Waals surface area contributed by atoms with Crippen molar-refractivity contribution in [3.05, 3.63) is 83.4 Å². The minimum Gasteiger partial charge on any atom is -0.0197 e. The van der Waals surface area contributed by atoms with Gasteiger partial charge in [-0.05, 0) is 17.7 Å². The Labute approximate surface area is 204 Å². The van der Waals surface area contributed by atoms with E-state index >= 15 is 0 Å². The van der Waals surface area contributed by atoms with Crippen molar-refractivity contribution in [2.45, 2.75) is 6.61 Å². The van der Waals surface area contributed by atoms with Crippen molar-refractivity contribution < 1.29 is 35.3 Å². The maximum atomic E-state index is 13.4. The summed E-state index contributed by atoms with van der Waals surface area (Å²) in [4.78, 5) is 8.74. The third kappa shape index (κ3) is 5.25. The molecule has 0 amide bonds. The molecule has 0 fully saturated rings. The zero-order valence-electron chi connectivity index (χ0n) is 17.1. The first-order chi connectivity index (χ1) is 16.1. The van der Waals surface area contributed by atoms with Crippen molar-refractivity contribution in [3.63, 3.8) is 0 Å². The van der Waals surface area contributed by atoms with E-state index in [2.05, 4.69) is 23.8 Å². The average Bonchev–Trinajstić information content (AvgIpc) is 3.32. The van der Waals surface area contributed by atoms with Crippen LogP contribution in [-0.2, 0) is 11.3 Å². The van der Waals surface area contributed by atoms with Crippen molar-refractivity contribution in [2.75, 3.05) is 15.2 Å². The topological polar surface area (TPSA) is 80.7 Å². The van der Waals surface area contributed by atoms with Gasteiger partial charge in [-0.3, -0.25) is 0 Å². The van der Waals surface area contributed by atoms with Gasteiger partial charge in [-0.2, -0.15) is 0 Å². The maximum absolute atomic E-state index is 13.4. The van der Waals surface area contributed by atoms with E-state index in [0.717, 1.165) is 27.8 Å². The molecule has 0 saturated carbocycles. The summed E-state index contributed by atoms with van der Waals surface area (Å²) in [6.07, 6.45) is 1.50. The number of nitrogens with one attached hydrogen (secondary N) is 2. The molecular weight excluding hydrogens is 560 g/mol. The third-order valence-corrected chi connectivity index (χ3v) is 6.41. The Hall–Kier alpha value is -3.18. The SMILES string of the molecule is Fc1cccc(COc2ccc(Nc3ncnc4ccc(NC5=N[I-]CO5)cc34)cc2Cl)c1. The van der Waals surface area contributed by atoms with Gasteiger partial charge in [0.25, 0.3) is 0 Å². The second kappa shape index (κ2) is 9.75. The monoisotopic (exact) mass is 576 g/mol. The zero-order valence-corrected chi connectivity index (χ0v) is 20.0. The van der Waals surface area contributed by atoms with E-state index in [1.165, 1.54) is 18.5 Å². The van der Waals surface area contributed by atoms with Gasteiger partial charge in [0.05, 0.1) is 0 Å². The number of nitrogens with zero attached hydrogens (tertiary/aromatic N) is 3. The first-order valence-electron chi connectivity index (χ1n) is 9.89. The Kier molecular flexibility index (Phi) is 6.40.